The van der Waals surface area contributed by atoms with E-state index in [0.717, 1.165) is 31.2 Å². The van der Waals surface area contributed by atoms with Gasteiger partial charge >= 0.3 is 0 Å². The average molecular weight is 233 g/mol. The van der Waals surface area contributed by atoms with Gasteiger partial charge < -0.3 is 9.88 Å². The van der Waals surface area contributed by atoms with E-state index >= 15 is 0 Å². The molecule has 0 saturated heterocycles. The first-order valence-corrected chi connectivity index (χ1v) is 5.89. The maximum absolute atomic E-state index is 4.43. The van der Waals surface area contributed by atoms with Crippen LogP contribution in [0.1, 0.15) is 17.8 Å². The lowest BCUT2D eigenvalue weighted by molar-refractivity contribution is 0.572. The number of anilines is 1. The average Bonchev–Trinajstić information content (AvgIpc) is 2.81. The third-order valence-electron chi connectivity index (χ3n) is 2.75. The Balaban J connectivity index is 1.77. The predicted octanol–water partition coefficient (Wildman–Crippen LogP) is 1.74. The molecule has 0 bridgehead atoms. The predicted molar refractivity (Wildman–Crippen MR) is 68.0 cm³/mol. The number of hydrogen-bond donors (Lipinski definition) is 1. The molecule has 2 aromatic heterocycles. The summed E-state index contributed by atoms with van der Waals surface area (Å²) in [5, 5.41) is 7.73. The van der Waals surface area contributed by atoms with Crippen LogP contribution in [-0.4, -0.2) is 25.9 Å². The second-order valence-corrected chi connectivity index (χ2v) is 4.29. The molecule has 0 amide bonds. The van der Waals surface area contributed by atoms with E-state index in [1.54, 1.807) is 6.20 Å². The summed E-state index contributed by atoms with van der Waals surface area (Å²) in [4.78, 5) is 4.21. The van der Waals surface area contributed by atoms with Crippen LogP contribution in [0.2, 0.25) is 0 Å². The second-order valence-electron chi connectivity index (χ2n) is 4.29. The maximum Gasteiger partial charge on any atom is 0.202 e. The molecule has 0 aliphatic carbocycles. The van der Waals surface area contributed by atoms with Crippen LogP contribution in [0.5, 0.6) is 0 Å². The Labute approximate surface area is 101 Å². The van der Waals surface area contributed by atoms with Gasteiger partial charge in [0, 0.05) is 38.2 Å². The first-order chi connectivity index (χ1) is 8.16. The zero-order chi connectivity index (χ0) is 12.3. The fourth-order valence-corrected chi connectivity index (χ4v) is 1.87. The number of nitrogens with one attached hydrogen (secondary N) is 1. The van der Waals surface area contributed by atoms with Gasteiger partial charge in [-0.25, -0.2) is 4.98 Å². The van der Waals surface area contributed by atoms with Gasteiger partial charge in [0.1, 0.15) is 0 Å². The molecule has 0 saturated carbocycles. The summed E-state index contributed by atoms with van der Waals surface area (Å²) in [6.45, 7) is 5.96. The van der Waals surface area contributed by atoms with E-state index in [9.17, 15) is 0 Å². The van der Waals surface area contributed by atoms with Crippen molar-refractivity contribution in [3.8, 4) is 0 Å². The molecule has 0 fully saturated rings. The first kappa shape index (κ1) is 11.7. The Kier molecular flexibility index (Phi) is 3.46. The lowest BCUT2D eigenvalue weighted by atomic mass is 10.4. The van der Waals surface area contributed by atoms with Gasteiger partial charge in [0.25, 0.3) is 0 Å². The summed E-state index contributed by atoms with van der Waals surface area (Å²) in [5.41, 5.74) is 2.30. The molecule has 0 atom stereocenters. The second kappa shape index (κ2) is 5.03. The third-order valence-corrected chi connectivity index (χ3v) is 2.75. The molecule has 5 heteroatoms. The zero-order valence-corrected chi connectivity index (χ0v) is 10.6. The molecule has 2 heterocycles. The van der Waals surface area contributed by atoms with Crippen molar-refractivity contribution in [1.29, 1.82) is 0 Å². The Morgan fingerprint density at radius 1 is 1.35 bits per heavy atom. The molecule has 0 spiro atoms. The van der Waals surface area contributed by atoms with Crippen LogP contribution in [0.3, 0.4) is 0 Å². The van der Waals surface area contributed by atoms with E-state index in [1.807, 2.05) is 24.7 Å². The first-order valence-electron chi connectivity index (χ1n) is 5.89. The summed E-state index contributed by atoms with van der Waals surface area (Å²) in [6.07, 6.45) is 4.77. The van der Waals surface area contributed by atoms with Crippen LogP contribution in [0.4, 0.5) is 5.95 Å². The van der Waals surface area contributed by atoms with E-state index in [4.69, 9.17) is 0 Å². The van der Waals surface area contributed by atoms with Crippen LogP contribution >= 0.6 is 0 Å². The summed E-state index contributed by atoms with van der Waals surface area (Å²) < 4.78 is 4.03. The highest BCUT2D eigenvalue weighted by Crippen LogP contribution is 2.04. The number of imidazole rings is 1. The van der Waals surface area contributed by atoms with Crippen molar-refractivity contribution in [2.45, 2.75) is 26.8 Å². The SMILES string of the molecule is Cc1cc(C)n(CCCNc2nccn2C)n1. The summed E-state index contributed by atoms with van der Waals surface area (Å²) in [6, 6.07) is 2.10. The van der Waals surface area contributed by atoms with Crippen LogP contribution in [-0.2, 0) is 13.6 Å². The highest BCUT2D eigenvalue weighted by molar-refractivity contribution is 5.24. The summed E-state index contributed by atoms with van der Waals surface area (Å²) >= 11 is 0. The molecule has 2 aromatic rings. The molecule has 17 heavy (non-hydrogen) atoms. The standard InChI is InChI=1S/C12H19N5/c1-10-9-11(2)17(15-10)7-4-5-13-12-14-6-8-16(12)3/h6,8-9H,4-5,7H2,1-3H3,(H,13,14). The molecule has 2 rings (SSSR count). The van der Waals surface area contributed by atoms with Gasteiger partial charge in [0.2, 0.25) is 5.95 Å². The van der Waals surface area contributed by atoms with Crippen molar-refractivity contribution in [3.63, 3.8) is 0 Å². The largest absolute Gasteiger partial charge is 0.356 e. The number of aromatic nitrogens is 4. The van der Waals surface area contributed by atoms with Gasteiger partial charge in [-0.05, 0) is 26.3 Å². The van der Waals surface area contributed by atoms with E-state index in [-0.39, 0.29) is 0 Å². The summed E-state index contributed by atoms with van der Waals surface area (Å²) in [7, 11) is 1.98. The minimum absolute atomic E-state index is 0.906. The fourth-order valence-electron chi connectivity index (χ4n) is 1.87. The molecule has 92 valence electrons. The van der Waals surface area contributed by atoms with Crippen LogP contribution in [0.15, 0.2) is 18.5 Å². The van der Waals surface area contributed by atoms with Gasteiger partial charge in [-0.2, -0.15) is 5.10 Å². The minimum atomic E-state index is 0.906. The van der Waals surface area contributed by atoms with Gasteiger partial charge in [-0.3, -0.25) is 4.68 Å². The van der Waals surface area contributed by atoms with E-state index in [2.05, 4.69) is 33.1 Å². The minimum Gasteiger partial charge on any atom is -0.356 e. The lowest BCUT2D eigenvalue weighted by Gasteiger charge is -2.07. The van der Waals surface area contributed by atoms with Crippen molar-refractivity contribution in [3.05, 3.63) is 29.8 Å². The van der Waals surface area contributed by atoms with Crippen LogP contribution in [0.25, 0.3) is 0 Å². The number of aryl methyl sites for hydroxylation is 4. The molecule has 0 radical (unpaired) electrons. The zero-order valence-electron chi connectivity index (χ0n) is 10.6. The monoisotopic (exact) mass is 233 g/mol. The highest BCUT2D eigenvalue weighted by atomic mass is 15.3. The van der Waals surface area contributed by atoms with Crippen molar-refractivity contribution in [2.24, 2.45) is 7.05 Å². The third kappa shape index (κ3) is 2.87. The molecular formula is C12H19N5. The van der Waals surface area contributed by atoms with Crippen LogP contribution in [0, 0.1) is 13.8 Å². The van der Waals surface area contributed by atoms with E-state index < -0.39 is 0 Å². The van der Waals surface area contributed by atoms with E-state index in [0.29, 0.717) is 0 Å². The van der Waals surface area contributed by atoms with Gasteiger partial charge in [-0.1, -0.05) is 0 Å². The molecule has 5 nitrogen and oxygen atoms in total. The quantitative estimate of drug-likeness (QED) is 0.800. The normalized spacial score (nSPS) is 10.8. The molecule has 0 unspecified atom stereocenters. The number of nitrogens with zero attached hydrogens (tertiary/aromatic N) is 4. The Bertz CT molecular complexity index is 483. The molecule has 1 N–H and O–H groups in total. The van der Waals surface area contributed by atoms with Crippen molar-refractivity contribution in [2.75, 3.05) is 11.9 Å². The van der Waals surface area contributed by atoms with Crippen LogP contribution < -0.4 is 5.32 Å². The van der Waals surface area contributed by atoms with E-state index in [1.165, 1.54) is 5.69 Å². The fraction of sp³-hybridized carbons (Fsp3) is 0.500. The van der Waals surface area contributed by atoms with Gasteiger partial charge in [0.15, 0.2) is 0 Å². The van der Waals surface area contributed by atoms with Gasteiger partial charge in [-0.15, -0.1) is 0 Å². The Morgan fingerprint density at radius 3 is 2.76 bits per heavy atom. The number of rotatable bonds is 5. The lowest BCUT2D eigenvalue weighted by Crippen LogP contribution is -2.11. The Hall–Kier alpha value is -1.78. The number of hydrogen-bond acceptors (Lipinski definition) is 3. The smallest absolute Gasteiger partial charge is 0.202 e. The molecular weight excluding hydrogens is 214 g/mol. The molecule has 0 aliphatic rings. The maximum atomic E-state index is 4.43. The Morgan fingerprint density at radius 2 is 2.18 bits per heavy atom. The molecule has 0 aliphatic heterocycles. The van der Waals surface area contributed by atoms with Crippen molar-refractivity contribution >= 4 is 5.95 Å². The topological polar surface area (TPSA) is 47.7 Å². The molecule has 0 aromatic carbocycles. The van der Waals surface area contributed by atoms with Gasteiger partial charge in [0.05, 0.1) is 5.69 Å². The summed E-state index contributed by atoms with van der Waals surface area (Å²) in [5.74, 6) is 0.915. The highest BCUT2D eigenvalue weighted by Gasteiger charge is 2.01. The van der Waals surface area contributed by atoms with Crippen molar-refractivity contribution in [1.82, 2.24) is 19.3 Å². The van der Waals surface area contributed by atoms with Crippen molar-refractivity contribution < 1.29 is 0 Å².